The average molecular weight is 1580 g/mol. The van der Waals surface area contributed by atoms with Crippen LogP contribution in [0.4, 0.5) is 0 Å². The monoisotopic (exact) mass is 1580 g/mol. The summed E-state index contributed by atoms with van der Waals surface area (Å²) in [4.78, 5) is 47.5. The van der Waals surface area contributed by atoms with Gasteiger partial charge in [0.25, 0.3) is 12.4 Å². The number of aliphatic hydroxyl groups excluding tert-OH is 3. The Morgan fingerprint density at radius 3 is 0.591 bits per heavy atom. The number of ether oxygens (including phenoxy) is 2. The molecule has 0 aromatic carbocycles. The Hall–Kier alpha value is 4.37. The summed E-state index contributed by atoms with van der Waals surface area (Å²) in [7, 11) is 2.70. The van der Waals surface area contributed by atoms with Gasteiger partial charge < -0.3 is 77.7 Å². The molecule has 0 aliphatic heterocycles. The number of carboxylic acids is 1. The van der Waals surface area contributed by atoms with Gasteiger partial charge in [-0.1, -0.05) is 262 Å². The van der Waals surface area contributed by atoms with E-state index >= 15 is 0 Å². The third-order valence-electron chi connectivity index (χ3n) is 1.78. The number of unbranched alkanes of at least 4 members (excludes halogenated alkanes) is 1. The van der Waals surface area contributed by atoms with E-state index < -0.39 is 25.8 Å². The summed E-state index contributed by atoms with van der Waals surface area (Å²) >= 11 is 6.29. The Morgan fingerprint density at radius 1 is 0.534 bits per heavy atom. The van der Waals surface area contributed by atoms with E-state index in [1.165, 1.54) is 60.8 Å². The molecule has 543 valence electrons. The number of allylic oxidation sites excluding steroid dienone is 4. The number of carbonyl (C=O) groups is 5. The smallest absolute Gasteiger partial charge is 1.00 e. The number of aldehydes is 2. The van der Waals surface area contributed by atoms with Crippen LogP contribution in [0.15, 0.2) is 24.3 Å². The molecule has 0 spiro atoms. The Morgan fingerprint density at radius 2 is 0.591 bits per heavy atom. The van der Waals surface area contributed by atoms with Crippen LogP contribution >= 0.6 is 48.8 Å². The van der Waals surface area contributed by atoms with Gasteiger partial charge in [-0.05, 0) is 69.0 Å². The van der Waals surface area contributed by atoms with Crippen LogP contribution < -0.4 is 194 Å². The first kappa shape index (κ1) is 219. The zero-order valence-electron chi connectivity index (χ0n) is 70.0. The molecule has 0 amide bonds. The van der Waals surface area contributed by atoms with Gasteiger partial charge in [0.1, 0.15) is 12.6 Å². The van der Waals surface area contributed by atoms with Gasteiger partial charge in [0.15, 0.2) is 0 Å². The molecule has 0 aromatic heterocycles. The predicted molar refractivity (Wildman–Crippen MR) is 397 cm³/mol. The number of aliphatic hydroxyl groups is 3. The number of carboxylic acid groups (broad SMARTS) is 1. The summed E-state index contributed by atoms with van der Waals surface area (Å²) < 4.78 is 8.65. The molecule has 0 fully saturated rings. The number of alkyl halides is 2. The van der Waals surface area contributed by atoms with Crippen molar-refractivity contribution in [3.05, 3.63) is 24.3 Å². The zero-order chi connectivity index (χ0) is 74.8. The molecule has 18 nitrogen and oxygen atoms in total. The molecule has 0 aliphatic carbocycles. The summed E-state index contributed by atoms with van der Waals surface area (Å²) in [6, 6.07) is 0. The summed E-state index contributed by atoms with van der Waals surface area (Å²) in [5.41, 5.74) is -0.750. The maximum atomic E-state index is 10.1. The van der Waals surface area contributed by atoms with Crippen LogP contribution in [-0.4, -0.2) is 152 Å². The second-order valence-electron chi connectivity index (χ2n) is 9.72. The maximum absolute atomic E-state index is 10.1. The van der Waals surface area contributed by atoms with E-state index in [1.807, 2.05) is 197 Å². The van der Waals surface area contributed by atoms with Gasteiger partial charge in [-0.25, -0.2) is 0 Å². The Kier molecular flexibility index (Phi) is 1200. The fourth-order valence-electron chi connectivity index (χ4n) is 0. The Balaban J connectivity index is -0.0000000106. The van der Waals surface area contributed by atoms with Crippen molar-refractivity contribution >= 4 is 102 Å². The molecule has 0 saturated carbocycles. The van der Waals surface area contributed by atoms with Crippen LogP contribution in [0.1, 0.15) is 278 Å². The van der Waals surface area contributed by atoms with Crippen molar-refractivity contribution in [1.29, 1.82) is 0 Å². The molecule has 0 saturated heterocycles. The van der Waals surface area contributed by atoms with Gasteiger partial charge in [0.2, 0.25) is 0 Å². The summed E-state index contributed by atoms with van der Waals surface area (Å²) in [5, 5.41) is 80.1. The molecule has 0 heterocycles. The number of hydrogen-bond acceptors (Lipinski definition) is 17. The van der Waals surface area contributed by atoms with E-state index in [0.717, 1.165) is 51.0 Å². The zero-order valence-corrected chi connectivity index (χ0v) is 84.3. The molecule has 88 heavy (non-hydrogen) atoms. The average Bonchev–Trinajstić information content (AvgIpc) is 3.47. The van der Waals surface area contributed by atoms with Crippen LogP contribution in [0, 0.1) is 0 Å². The summed E-state index contributed by atoms with van der Waals surface area (Å²) in [6.45, 7) is 74.0. The van der Waals surface area contributed by atoms with Gasteiger partial charge in [-0.3, -0.25) is 14.4 Å². The fraction of sp³-hybridized carbons (Fsp3) is 0.850. The largest absolute Gasteiger partial charge is 1.00 e. The minimum absolute atomic E-state index is 0. The molecule has 28 heteroatoms. The van der Waals surface area contributed by atoms with Gasteiger partial charge >= 0.3 is 204 Å². The van der Waals surface area contributed by atoms with E-state index in [4.69, 9.17) is 65.0 Å². The maximum Gasteiger partial charge on any atom is 1.00 e. The van der Waals surface area contributed by atoms with Crippen molar-refractivity contribution < 1.29 is 276 Å². The normalized spacial score (nSPS) is 5.61. The van der Waals surface area contributed by atoms with Crippen LogP contribution in [0.2, 0.25) is 13.6 Å². The van der Waals surface area contributed by atoms with Gasteiger partial charge in [-0.2, -0.15) is 0 Å². The molecule has 0 rings (SSSR count). The number of aliphatic carboxylic acids is 1. The van der Waals surface area contributed by atoms with E-state index in [-0.39, 0.29) is 231 Å². The molecule has 0 bridgehead atoms. The number of methoxy groups -OCH3 is 2. The minimum Gasteiger partial charge on any atom is -1.00 e. The molecule has 0 unspecified atom stereocenters. The molecule has 3 radical (unpaired) electrons. The predicted octanol–water partition coefficient (Wildman–Crippen LogP) is 4.17. The third-order valence-corrected chi connectivity index (χ3v) is 1.78. The molecule has 0 aromatic rings. The first-order valence-corrected chi connectivity index (χ1v) is 31.2. The minimum atomic E-state index is -1.17. The van der Waals surface area contributed by atoms with Gasteiger partial charge in [0, 0.05) is 67.5 Å². The van der Waals surface area contributed by atoms with Crippen molar-refractivity contribution in [1.82, 2.24) is 0 Å². The van der Waals surface area contributed by atoms with Crippen molar-refractivity contribution in [3.63, 3.8) is 0 Å². The van der Waals surface area contributed by atoms with E-state index in [2.05, 4.69) is 73.9 Å². The van der Waals surface area contributed by atoms with E-state index in [9.17, 15) is 9.90 Å². The number of rotatable bonds is 3. The van der Waals surface area contributed by atoms with Crippen molar-refractivity contribution in [2.45, 2.75) is 295 Å². The quantitative estimate of drug-likeness (QED) is 0.0374. The Labute approximate surface area is 738 Å². The van der Waals surface area contributed by atoms with Gasteiger partial charge in [-0.15, -0.1) is 22.6 Å². The van der Waals surface area contributed by atoms with E-state index in [0.29, 0.717) is 0 Å². The molecule has 8 N–H and O–H groups in total. The van der Waals surface area contributed by atoms with Crippen molar-refractivity contribution in [3.8, 4) is 0 Å². The molecule has 0 aliphatic rings. The second-order valence-corrected chi connectivity index (χ2v) is 12.0. The topological polar surface area (TPSA) is 321 Å². The van der Waals surface area contributed by atoms with Crippen LogP contribution in [0.3, 0.4) is 0 Å². The van der Waals surface area contributed by atoms with Crippen LogP contribution in [0.25, 0.3) is 0 Å². The summed E-state index contributed by atoms with van der Waals surface area (Å²) in [6.07, 6.45) is 13.4. The SMILES string of the molecule is Br.CB(O)O.CB(O)O.CC.CC.CC.CC.CC.CC.CC.CC.CC.CC(=O)O.CC(C)(C)[O-].CC=CC.CC=CC.CC=O.CC=O.CCBr.CCBr.CCC.CCCC.CCO.CCOC.CO.CO.COC(C)=O.O=CO[O-].[B].[H-].[H-].[K+].[K+].[K+].[Na+]. The third kappa shape index (κ3) is 5580. The number of halogens is 3. The van der Waals surface area contributed by atoms with Crippen molar-refractivity contribution in [2.24, 2.45) is 0 Å². The first-order chi connectivity index (χ1) is 38.5. The number of hydrogen-bond donors (Lipinski definition) is 8. The number of esters is 1. The molecule has 0 atom stereocenters. The van der Waals surface area contributed by atoms with Crippen LogP contribution in [0.5, 0.6) is 0 Å². The Bertz CT molecular complexity index is 649. The standard InChI is InChI=1S/C4H9O.C4H10.2C4H8.C3H6O2.C3H8O.C3H8.2C2H5Br.C2H4O2.C2H6O.2C2H4O.9C2H6.2CH5BO2.CH2O3.2CH4O.B.BrH.3K.Na.2H/c1-4(2,3)5;3*1-3-4-2;1-3(4)5-2;1-3-4-2;1-3-2;2*1-2-3;1-2(3)4;3*1-2-3;9*1-2;2*1-2(3)4;2-1-4-3;2*1-2;;;;;;;;/h1-3H3;3-4H2,1-2H3;2*3-4H,1-2H3;1-2H3;3H2,1-2H3;3H2,1-2H3;2*2H2,1H3;1H3,(H,3,4);3H,2H2,1H3;2*2H,1H3;9*1-2H3;2*3-4H,1H3;1,3H;2*2H,1H3;;1H;;;;;;/q-1;;;;;;;;;;;;;;;;;;;;;;;;;;;;;4*+1;2*-1/p-1. The van der Waals surface area contributed by atoms with Crippen LogP contribution in [-0.2, 0) is 38.3 Å². The van der Waals surface area contributed by atoms with Crippen molar-refractivity contribution in [2.75, 3.05) is 52.3 Å². The van der Waals surface area contributed by atoms with Gasteiger partial charge in [0.05, 0.1) is 7.11 Å². The number of carbonyl (C=O) groups excluding carboxylic acids is 4. The first-order valence-electron chi connectivity index (χ1n) is 29.0. The van der Waals surface area contributed by atoms with E-state index in [1.54, 1.807) is 34.8 Å². The second kappa shape index (κ2) is 481. The molecular weight excluding hydrogens is 1420 g/mol. The fourth-order valence-corrected chi connectivity index (χ4v) is 0. The summed E-state index contributed by atoms with van der Waals surface area (Å²) in [5.74, 6) is -1.08. The molecular formula is C60H161B3Br3K3NaO18.